The molecule has 2 aromatic rings. The second kappa shape index (κ2) is 5.77. The summed E-state index contributed by atoms with van der Waals surface area (Å²) in [5.41, 5.74) is 1.70. The van der Waals surface area contributed by atoms with Crippen molar-refractivity contribution in [1.82, 2.24) is 0 Å². The van der Waals surface area contributed by atoms with E-state index in [1.165, 1.54) is 12.1 Å². The van der Waals surface area contributed by atoms with Crippen LogP contribution in [0.5, 0.6) is 0 Å². The Balaban J connectivity index is 2.14. The summed E-state index contributed by atoms with van der Waals surface area (Å²) >= 11 is 0. The predicted octanol–water partition coefficient (Wildman–Crippen LogP) is 3.07. The molecule has 19 heavy (non-hydrogen) atoms. The molecule has 0 heterocycles. The first-order chi connectivity index (χ1) is 9.16. The van der Waals surface area contributed by atoms with Crippen LogP contribution in [-0.2, 0) is 0 Å². The number of nitrogens with zero attached hydrogens (tertiary/aromatic N) is 3. The van der Waals surface area contributed by atoms with Gasteiger partial charge in [0, 0.05) is 24.7 Å². The SMILES string of the molecule is CN(/N=C/c1cccc([N+](=O)[O-])c1)c1ccccc1. The highest BCUT2D eigenvalue weighted by molar-refractivity contribution is 5.81. The normalized spacial score (nSPS) is 10.6. The zero-order chi connectivity index (χ0) is 13.7. The molecule has 0 aliphatic carbocycles. The molecule has 5 nitrogen and oxygen atoms in total. The minimum absolute atomic E-state index is 0.0614. The summed E-state index contributed by atoms with van der Waals surface area (Å²) < 4.78 is 0. The van der Waals surface area contributed by atoms with Crippen LogP contribution in [0.2, 0.25) is 0 Å². The van der Waals surface area contributed by atoms with Crippen molar-refractivity contribution in [3.05, 3.63) is 70.3 Å². The molecule has 0 saturated carbocycles. The summed E-state index contributed by atoms with van der Waals surface area (Å²) in [6, 6.07) is 16.0. The lowest BCUT2D eigenvalue weighted by Crippen LogP contribution is -2.08. The van der Waals surface area contributed by atoms with Crippen molar-refractivity contribution in [3.63, 3.8) is 0 Å². The molecule has 0 fully saturated rings. The van der Waals surface area contributed by atoms with Crippen LogP contribution in [-0.4, -0.2) is 18.2 Å². The van der Waals surface area contributed by atoms with Gasteiger partial charge in [-0.05, 0) is 12.1 Å². The Kier molecular flexibility index (Phi) is 3.87. The van der Waals surface area contributed by atoms with E-state index in [0.29, 0.717) is 5.56 Å². The van der Waals surface area contributed by atoms with Crippen LogP contribution in [0.1, 0.15) is 5.56 Å². The molecule has 0 saturated heterocycles. The molecule has 5 heteroatoms. The molecule has 0 bridgehead atoms. The van der Waals surface area contributed by atoms with Crippen LogP contribution in [0.3, 0.4) is 0 Å². The van der Waals surface area contributed by atoms with Gasteiger partial charge in [0.1, 0.15) is 0 Å². The Hall–Kier alpha value is -2.69. The molecule has 0 spiro atoms. The van der Waals surface area contributed by atoms with Crippen LogP contribution in [0, 0.1) is 10.1 Å². The first kappa shape index (κ1) is 12.8. The number of anilines is 1. The molecular weight excluding hydrogens is 242 g/mol. The van der Waals surface area contributed by atoms with E-state index in [4.69, 9.17) is 0 Å². The Morgan fingerprint density at radius 2 is 1.89 bits per heavy atom. The van der Waals surface area contributed by atoms with E-state index in [1.807, 2.05) is 37.4 Å². The molecule has 0 N–H and O–H groups in total. The summed E-state index contributed by atoms with van der Waals surface area (Å²) in [6.45, 7) is 0. The average Bonchev–Trinajstić information content (AvgIpc) is 2.46. The van der Waals surface area contributed by atoms with Gasteiger partial charge in [0.2, 0.25) is 0 Å². The van der Waals surface area contributed by atoms with Gasteiger partial charge < -0.3 is 0 Å². The standard InChI is InChI=1S/C14H13N3O2/c1-16(13-7-3-2-4-8-13)15-11-12-6-5-9-14(10-12)17(18)19/h2-11H,1H3/b15-11+. The quantitative estimate of drug-likeness (QED) is 0.479. The van der Waals surface area contributed by atoms with Crippen LogP contribution < -0.4 is 5.01 Å². The molecule has 0 aliphatic rings. The third-order valence-corrected chi connectivity index (χ3v) is 2.59. The molecule has 96 valence electrons. The minimum atomic E-state index is -0.418. The number of non-ortho nitro benzene ring substituents is 1. The molecule has 0 atom stereocenters. The third-order valence-electron chi connectivity index (χ3n) is 2.59. The fourth-order valence-electron chi connectivity index (χ4n) is 1.58. The van der Waals surface area contributed by atoms with E-state index in [2.05, 4.69) is 5.10 Å². The highest BCUT2D eigenvalue weighted by Gasteiger charge is 2.04. The fraction of sp³-hybridized carbons (Fsp3) is 0.0714. The lowest BCUT2D eigenvalue weighted by Gasteiger charge is -2.11. The number of rotatable bonds is 4. The maximum absolute atomic E-state index is 10.7. The summed E-state index contributed by atoms with van der Waals surface area (Å²) in [7, 11) is 1.82. The zero-order valence-electron chi connectivity index (χ0n) is 10.4. The monoisotopic (exact) mass is 255 g/mol. The Labute approximate surface area is 110 Å². The van der Waals surface area contributed by atoms with Gasteiger partial charge >= 0.3 is 0 Å². The van der Waals surface area contributed by atoms with Crippen molar-refractivity contribution in [2.24, 2.45) is 5.10 Å². The summed E-state index contributed by atoms with van der Waals surface area (Å²) in [5, 5.41) is 16.6. The third kappa shape index (κ3) is 3.38. The van der Waals surface area contributed by atoms with Gasteiger partial charge in [-0.1, -0.05) is 30.3 Å². The van der Waals surface area contributed by atoms with Crippen LogP contribution >= 0.6 is 0 Å². The van der Waals surface area contributed by atoms with Gasteiger partial charge in [-0.25, -0.2) is 0 Å². The van der Waals surface area contributed by atoms with Crippen LogP contribution in [0.4, 0.5) is 11.4 Å². The van der Waals surface area contributed by atoms with Crippen molar-refractivity contribution < 1.29 is 4.92 Å². The largest absolute Gasteiger partial charge is 0.270 e. The van der Waals surface area contributed by atoms with E-state index < -0.39 is 4.92 Å². The van der Waals surface area contributed by atoms with E-state index in [-0.39, 0.29) is 5.69 Å². The predicted molar refractivity (Wildman–Crippen MR) is 75.5 cm³/mol. The van der Waals surface area contributed by atoms with Crippen molar-refractivity contribution in [2.75, 3.05) is 12.1 Å². The molecule has 0 radical (unpaired) electrons. The molecule has 0 aromatic heterocycles. The van der Waals surface area contributed by atoms with Crippen molar-refractivity contribution in [1.29, 1.82) is 0 Å². The fourth-order valence-corrected chi connectivity index (χ4v) is 1.58. The molecule has 0 unspecified atom stereocenters. The van der Waals surface area contributed by atoms with Gasteiger partial charge in [-0.3, -0.25) is 15.1 Å². The summed E-state index contributed by atoms with van der Waals surface area (Å²) in [4.78, 5) is 10.2. The smallest absolute Gasteiger partial charge is 0.269 e. The molecule has 2 aromatic carbocycles. The zero-order valence-corrected chi connectivity index (χ0v) is 10.4. The number of para-hydroxylation sites is 1. The summed E-state index contributed by atoms with van der Waals surface area (Å²) in [6.07, 6.45) is 1.60. The lowest BCUT2D eigenvalue weighted by molar-refractivity contribution is -0.384. The Morgan fingerprint density at radius 1 is 1.16 bits per heavy atom. The number of benzene rings is 2. The molecule has 0 aliphatic heterocycles. The van der Waals surface area contributed by atoms with E-state index in [9.17, 15) is 10.1 Å². The number of hydrazone groups is 1. The highest BCUT2D eigenvalue weighted by atomic mass is 16.6. The van der Waals surface area contributed by atoms with Gasteiger partial charge in [0.25, 0.3) is 5.69 Å². The van der Waals surface area contributed by atoms with Gasteiger partial charge in [-0.15, -0.1) is 0 Å². The van der Waals surface area contributed by atoms with Crippen LogP contribution in [0.25, 0.3) is 0 Å². The van der Waals surface area contributed by atoms with E-state index in [1.54, 1.807) is 23.4 Å². The topological polar surface area (TPSA) is 58.7 Å². The maximum Gasteiger partial charge on any atom is 0.270 e. The first-order valence-electron chi connectivity index (χ1n) is 5.74. The molecule has 2 rings (SSSR count). The summed E-state index contributed by atoms with van der Waals surface area (Å²) in [5.74, 6) is 0. The van der Waals surface area contributed by atoms with E-state index >= 15 is 0 Å². The number of hydrogen-bond donors (Lipinski definition) is 0. The number of nitro groups is 1. The second-order valence-electron chi connectivity index (χ2n) is 3.96. The number of hydrogen-bond acceptors (Lipinski definition) is 4. The lowest BCUT2D eigenvalue weighted by atomic mass is 10.2. The first-order valence-corrected chi connectivity index (χ1v) is 5.74. The Bertz CT molecular complexity index is 597. The second-order valence-corrected chi connectivity index (χ2v) is 3.96. The van der Waals surface area contributed by atoms with Crippen molar-refractivity contribution >= 4 is 17.6 Å². The van der Waals surface area contributed by atoms with Gasteiger partial charge in [0.05, 0.1) is 16.8 Å². The highest BCUT2D eigenvalue weighted by Crippen LogP contribution is 2.13. The van der Waals surface area contributed by atoms with Gasteiger partial charge in [-0.2, -0.15) is 5.10 Å². The van der Waals surface area contributed by atoms with Crippen molar-refractivity contribution in [2.45, 2.75) is 0 Å². The van der Waals surface area contributed by atoms with Crippen LogP contribution in [0.15, 0.2) is 59.7 Å². The minimum Gasteiger partial charge on any atom is -0.269 e. The van der Waals surface area contributed by atoms with Gasteiger partial charge in [0.15, 0.2) is 0 Å². The van der Waals surface area contributed by atoms with Crippen molar-refractivity contribution in [3.8, 4) is 0 Å². The Morgan fingerprint density at radius 3 is 2.58 bits per heavy atom. The maximum atomic E-state index is 10.7. The molecule has 0 amide bonds. The van der Waals surface area contributed by atoms with E-state index in [0.717, 1.165) is 5.69 Å². The number of nitro benzene ring substituents is 1. The average molecular weight is 255 g/mol. The molecular formula is C14H13N3O2.